The smallest absolute Gasteiger partial charge is 0.323 e. The van der Waals surface area contributed by atoms with Gasteiger partial charge in [-0.05, 0) is 24.6 Å². The number of likely N-dealkylation sites (tertiary alicyclic amines) is 1. The Morgan fingerprint density at radius 1 is 1.40 bits per heavy atom. The first-order valence-corrected chi connectivity index (χ1v) is 6.85. The Morgan fingerprint density at radius 2 is 2.10 bits per heavy atom. The van der Waals surface area contributed by atoms with Gasteiger partial charge in [0.2, 0.25) is 0 Å². The zero-order valence-electron chi connectivity index (χ0n) is 11.9. The maximum absolute atomic E-state index is 11.7. The fourth-order valence-corrected chi connectivity index (χ4v) is 2.53. The molecule has 1 aromatic rings. The van der Waals surface area contributed by atoms with Gasteiger partial charge in [0.05, 0.1) is 19.8 Å². The molecule has 0 aliphatic carbocycles. The molecular weight excluding hydrogens is 258 g/mol. The van der Waals surface area contributed by atoms with Crippen molar-refractivity contribution in [2.75, 3.05) is 20.3 Å². The van der Waals surface area contributed by atoms with Crippen molar-refractivity contribution in [3.63, 3.8) is 0 Å². The number of methoxy groups -OCH3 is 1. The second kappa shape index (κ2) is 6.72. The number of rotatable bonds is 5. The van der Waals surface area contributed by atoms with Crippen molar-refractivity contribution in [2.24, 2.45) is 0 Å². The van der Waals surface area contributed by atoms with Gasteiger partial charge in [-0.1, -0.05) is 12.1 Å². The highest BCUT2D eigenvalue weighted by atomic mass is 16.5. The number of hydrogen-bond donors (Lipinski definition) is 1. The largest absolute Gasteiger partial charge is 0.494 e. The van der Waals surface area contributed by atoms with E-state index in [0.717, 1.165) is 11.3 Å². The Hall–Kier alpha value is -1.59. The zero-order valence-corrected chi connectivity index (χ0v) is 11.9. The molecule has 0 aromatic heterocycles. The van der Waals surface area contributed by atoms with E-state index in [2.05, 4.69) is 0 Å². The van der Waals surface area contributed by atoms with Gasteiger partial charge in [0.25, 0.3) is 0 Å². The molecule has 5 nitrogen and oxygen atoms in total. The molecule has 0 spiro atoms. The van der Waals surface area contributed by atoms with Crippen LogP contribution in [-0.4, -0.2) is 48.4 Å². The number of esters is 1. The summed E-state index contributed by atoms with van der Waals surface area (Å²) < 4.78 is 10.2. The van der Waals surface area contributed by atoms with Crippen LogP contribution in [0.3, 0.4) is 0 Å². The molecule has 1 aliphatic rings. The second-order valence-electron chi connectivity index (χ2n) is 4.93. The summed E-state index contributed by atoms with van der Waals surface area (Å²) in [6, 6.07) is 7.42. The van der Waals surface area contributed by atoms with Crippen LogP contribution in [0.5, 0.6) is 5.75 Å². The van der Waals surface area contributed by atoms with Crippen molar-refractivity contribution in [3.8, 4) is 5.75 Å². The van der Waals surface area contributed by atoms with Gasteiger partial charge in [0, 0.05) is 19.5 Å². The third kappa shape index (κ3) is 3.49. The van der Waals surface area contributed by atoms with Gasteiger partial charge in [-0.2, -0.15) is 0 Å². The Labute approximate surface area is 119 Å². The van der Waals surface area contributed by atoms with Gasteiger partial charge < -0.3 is 14.6 Å². The van der Waals surface area contributed by atoms with Crippen LogP contribution in [0.25, 0.3) is 0 Å². The van der Waals surface area contributed by atoms with Crippen LogP contribution < -0.4 is 4.74 Å². The molecule has 0 bridgehead atoms. The first kappa shape index (κ1) is 14.8. The van der Waals surface area contributed by atoms with Crippen LogP contribution in [0.4, 0.5) is 0 Å². The van der Waals surface area contributed by atoms with Crippen molar-refractivity contribution in [2.45, 2.75) is 32.0 Å². The quantitative estimate of drug-likeness (QED) is 0.821. The average Bonchev–Trinajstić information content (AvgIpc) is 2.81. The number of carbonyl (C=O) groups is 1. The lowest BCUT2D eigenvalue weighted by Gasteiger charge is -2.22. The third-order valence-corrected chi connectivity index (χ3v) is 3.47. The molecule has 1 fully saturated rings. The van der Waals surface area contributed by atoms with E-state index >= 15 is 0 Å². The number of nitrogens with zero attached hydrogens (tertiary/aromatic N) is 1. The summed E-state index contributed by atoms with van der Waals surface area (Å²) >= 11 is 0. The van der Waals surface area contributed by atoms with E-state index in [0.29, 0.717) is 26.1 Å². The first-order chi connectivity index (χ1) is 9.63. The Kier molecular flexibility index (Phi) is 4.98. The van der Waals surface area contributed by atoms with Crippen molar-refractivity contribution >= 4 is 5.97 Å². The van der Waals surface area contributed by atoms with Crippen LogP contribution in [0.2, 0.25) is 0 Å². The molecule has 2 unspecified atom stereocenters. The van der Waals surface area contributed by atoms with E-state index in [1.54, 1.807) is 0 Å². The Morgan fingerprint density at radius 3 is 2.70 bits per heavy atom. The van der Waals surface area contributed by atoms with E-state index in [1.807, 2.05) is 36.1 Å². The van der Waals surface area contributed by atoms with Gasteiger partial charge in [0.15, 0.2) is 0 Å². The van der Waals surface area contributed by atoms with Gasteiger partial charge in [-0.25, -0.2) is 0 Å². The van der Waals surface area contributed by atoms with E-state index < -0.39 is 6.10 Å². The highest BCUT2D eigenvalue weighted by Gasteiger charge is 2.36. The molecule has 1 aromatic carbocycles. The maximum atomic E-state index is 11.7. The predicted molar refractivity (Wildman–Crippen MR) is 74.4 cm³/mol. The second-order valence-corrected chi connectivity index (χ2v) is 4.93. The zero-order chi connectivity index (χ0) is 14.5. The van der Waals surface area contributed by atoms with E-state index in [9.17, 15) is 9.90 Å². The fourth-order valence-electron chi connectivity index (χ4n) is 2.53. The molecular formula is C15H21NO4. The minimum atomic E-state index is -0.471. The van der Waals surface area contributed by atoms with Crippen molar-refractivity contribution in [1.29, 1.82) is 0 Å². The number of carbonyl (C=O) groups excluding carboxylic acids is 1. The average molecular weight is 279 g/mol. The molecule has 2 rings (SSSR count). The Bertz CT molecular complexity index is 446. The van der Waals surface area contributed by atoms with Gasteiger partial charge in [-0.15, -0.1) is 0 Å². The summed E-state index contributed by atoms with van der Waals surface area (Å²) in [5.41, 5.74) is 1.08. The summed E-state index contributed by atoms with van der Waals surface area (Å²) in [6.07, 6.45) is -0.0363. The van der Waals surface area contributed by atoms with Gasteiger partial charge in [0.1, 0.15) is 11.8 Å². The molecule has 110 valence electrons. The molecule has 20 heavy (non-hydrogen) atoms. The van der Waals surface area contributed by atoms with Gasteiger partial charge >= 0.3 is 5.97 Å². The maximum Gasteiger partial charge on any atom is 0.323 e. The minimum Gasteiger partial charge on any atom is -0.494 e. The summed E-state index contributed by atoms with van der Waals surface area (Å²) in [5, 5.41) is 9.74. The number of benzene rings is 1. The third-order valence-electron chi connectivity index (χ3n) is 3.47. The Balaban J connectivity index is 2.02. The topological polar surface area (TPSA) is 59.0 Å². The summed E-state index contributed by atoms with van der Waals surface area (Å²) in [4.78, 5) is 13.7. The number of hydrogen-bond acceptors (Lipinski definition) is 5. The van der Waals surface area contributed by atoms with Crippen LogP contribution in [0.1, 0.15) is 18.9 Å². The van der Waals surface area contributed by atoms with Crippen LogP contribution in [0, 0.1) is 0 Å². The molecule has 0 amide bonds. The van der Waals surface area contributed by atoms with Crippen molar-refractivity contribution in [1.82, 2.24) is 4.90 Å². The van der Waals surface area contributed by atoms with Crippen LogP contribution >= 0.6 is 0 Å². The lowest BCUT2D eigenvalue weighted by molar-refractivity contribution is -0.146. The van der Waals surface area contributed by atoms with E-state index in [4.69, 9.17) is 9.47 Å². The first-order valence-electron chi connectivity index (χ1n) is 6.85. The molecule has 0 saturated carbocycles. The number of aliphatic hydroxyl groups excluding tert-OH is 1. The van der Waals surface area contributed by atoms with E-state index in [-0.39, 0.29) is 12.0 Å². The van der Waals surface area contributed by atoms with Crippen molar-refractivity contribution < 1.29 is 19.4 Å². The summed E-state index contributed by atoms with van der Waals surface area (Å²) in [7, 11) is 1.38. The molecule has 1 N–H and O–H groups in total. The summed E-state index contributed by atoms with van der Waals surface area (Å²) in [5.74, 6) is 0.551. The monoisotopic (exact) mass is 279 g/mol. The van der Waals surface area contributed by atoms with Crippen LogP contribution in [0.15, 0.2) is 24.3 Å². The predicted octanol–water partition coefficient (Wildman–Crippen LogP) is 1.19. The standard InChI is InChI=1S/C15H21NO4/c1-3-20-13-6-4-11(5-7-13)9-16-10-12(17)8-14(16)15(18)19-2/h4-7,12,14,17H,3,8-10H2,1-2H3. The molecule has 2 atom stereocenters. The lowest BCUT2D eigenvalue weighted by Crippen LogP contribution is -2.36. The minimum absolute atomic E-state index is 0.285. The van der Waals surface area contributed by atoms with Crippen LogP contribution in [-0.2, 0) is 16.1 Å². The number of ether oxygens (including phenoxy) is 2. The normalized spacial score (nSPS) is 22.8. The number of aliphatic hydroxyl groups is 1. The highest BCUT2D eigenvalue weighted by molar-refractivity contribution is 5.76. The number of β-amino-alcohol motifs (C(OH)–C–C–N with tert-alkyl or cyclic N) is 1. The van der Waals surface area contributed by atoms with Crippen molar-refractivity contribution in [3.05, 3.63) is 29.8 Å². The molecule has 0 radical (unpaired) electrons. The van der Waals surface area contributed by atoms with E-state index in [1.165, 1.54) is 7.11 Å². The lowest BCUT2D eigenvalue weighted by atomic mass is 10.1. The van der Waals surface area contributed by atoms with Gasteiger partial charge in [-0.3, -0.25) is 9.69 Å². The molecule has 1 heterocycles. The fraction of sp³-hybridized carbons (Fsp3) is 0.533. The molecule has 5 heteroatoms. The SMILES string of the molecule is CCOc1ccc(CN2CC(O)CC2C(=O)OC)cc1. The molecule has 1 aliphatic heterocycles. The summed E-state index contributed by atoms with van der Waals surface area (Å²) in [6.45, 7) is 3.69. The molecule has 1 saturated heterocycles. The highest BCUT2D eigenvalue weighted by Crippen LogP contribution is 2.22.